The van der Waals surface area contributed by atoms with Gasteiger partial charge in [-0.15, -0.1) is 0 Å². The number of halogens is 4. The minimum atomic E-state index is -4.38. The molecule has 5 rings (SSSR count). The number of nitrogens with zero attached hydrogens (tertiary/aromatic N) is 2. The van der Waals surface area contributed by atoms with E-state index in [-0.39, 0.29) is 17.4 Å². The molecule has 1 aromatic heterocycles. The van der Waals surface area contributed by atoms with E-state index in [1.165, 1.54) is 6.07 Å². The van der Waals surface area contributed by atoms with Crippen LogP contribution in [-0.2, 0) is 6.42 Å². The molecule has 2 aromatic carbocycles. The van der Waals surface area contributed by atoms with E-state index in [9.17, 15) is 18.4 Å². The van der Waals surface area contributed by atoms with Gasteiger partial charge in [-0.25, -0.2) is 4.39 Å². The zero-order valence-electron chi connectivity index (χ0n) is 19.9. The number of nitrogens with one attached hydrogen (secondary N) is 3. The highest BCUT2D eigenvalue weighted by atomic mass is 19.4. The molecule has 0 aliphatic heterocycles. The maximum absolute atomic E-state index is 15.0. The first-order chi connectivity index (χ1) is 17.0. The Bertz CT molecular complexity index is 1270. The van der Waals surface area contributed by atoms with Crippen LogP contribution >= 0.6 is 0 Å². The minimum Gasteiger partial charge on any atom is -0.612 e. The van der Waals surface area contributed by atoms with Gasteiger partial charge in [-0.05, 0) is 60.1 Å². The number of aromatic nitrogens is 2. The van der Waals surface area contributed by atoms with Gasteiger partial charge in [0.25, 0.3) is 0 Å². The number of quaternary nitrogens is 1. The molecule has 1 saturated carbocycles. The second kappa shape index (κ2) is 9.22. The molecule has 0 saturated heterocycles. The van der Waals surface area contributed by atoms with Crippen molar-refractivity contribution in [2.75, 3.05) is 6.54 Å². The van der Waals surface area contributed by atoms with E-state index in [4.69, 9.17) is 4.52 Å². The van der Waals surface area contributed by atoms with Gasteiger partial charge in [-0.1, -0.05) is 29.4 Å². The maximum Gasteiger partial charge on any atom is 0.401 e. The molecule has 0 spiro atoms. The smallest absolute Gasteiger partial charge is 0.401 e. The van der Waals surface area contributed by atoms with Crippen molar-refractivity contribution < 1.29 is 27.3 Å². The topological polar surface area (TPSA) is 90.5 Å². The Morgan fingerprint density at radius 3 is 2.64 bits per heavy atom. The van der Waals surface area contributed by atoms with Gasteiger partial charge >= 0.3 is 6.18 Å². The normalized spacial score (nSPS) is 19.7. The van der Waals surface area contributed by atoms with Gasteiger partial charge in [0, 0.05) is 19.8 Å². The van der Waals surface area contributed by atoms with Crippen molar-refractivity contribution in [3.05, 3.63) is 63.9 Å². The Morgan fingerprint density at radius 1 is 1.19 bits per heavy atom. The molecule has 36 heavy (non-hydrogen) atoms. The van der Waals surface area contributed by atoms with E-state index >= 15 is 4.39 Å². The number of benzene rings is 2. The van der Waals surface area contributed by atoms with E-state index < -0.39 is 29.4 Å². The lowest BCUT2D eigenvalue weighted by molar-refractivity contribution is -0.941. The SMILES string of the molecule is Cc1cc(F)c(-c2noc(C)n2)c(-c2ccc3c(c2)CCCC3N[NH+]([O-])C2(NCC(F)(F)F)CC2)c1. The van der Waals surface area contributed by atoms with Crippen molar-refractivity contribution in [1.82, 2.24) is 20.9 Å². The standard InChI is InChI=1S/C25H27F4N5O2/c1-14-10-19(22(20(26)11-14)23-31-15(2)36-33-23)17-6-7-18-16(12-17)4-3-5-21(18)32-34(35)24(8-9-24)30-13-25(27,28)29/h6-7,10-12,21,30,32,34H,3-5,8-9,13H2,1-2H3. The molecule has 2 aliphatic carbocycles. The quantitative estimate of drug-likeness (QED) is 0.255. The lowest BCUT2D eigenvalue weighted by atomic mass is 9.85. The van der Waals surface area contributed by atoms with Crippen LogP contribution in [0.3, 0.4) is 0 Å². The zero-order valence-corrected chi connectivity index (χ0v) is 19.9. The molecule has 2 unspecified atom stereocenters. The predicted octanol–water partition coefficient (Wildman–Crippen LogP) is 4.07. The highest BCUT2D eigenvalue weighted by Crippen LogP contribution is 2.38. The average molecular weight is 506 g/mol. The van der Waals surface area contributed by atoms with Gasteiger partial charge in [0.05, 0.1) is 18.2 Å². The van der Waals surface area contributed by atoms with Gasteiger partial charge < -0.3 is 9.73 Å². The summed E-state index contributed by atoms with van der Waals surface area (Å²) >= 11 is 0. The first-order valence-corrected chi connectivity index (χ1v) is 11.9. The fraction of sp³-hybridized carbons (Fsp3) is 0.440. The van der Waals surface area contributed by atoms with Crippen molar-refractivity contribution >= 4 is 0 Å². The molecule has 192 valence electrons. The fourth-order valence-electron chi connectivity index (χ4n) is 4.90. The van der Waals surface area contributed by atoms with Crippen LogP contribution in [0, 0.1) is 24.9 Å². The van der Waals surface area contributed by atoms with Crippen LogP contribution in [-0.4, -0.2) is 28.5 Å². The first kappa shape index (κ1) is 24.8. The molecule has 7 nitrogen and oxygen atoms in total. The highest BCUT2D eigenvalue weighted by molar-refractivity contribution is 5.82. The average Bonchev–Trinajstić information content (AvgIpc) is 3.50. The van der Waals surface area contributed by atoms with Crippen LogP contribution in [0.5, 0.6) is 0 Å². The molecule has 0 amide bonds. The van der Waals surface area contributed by atoms with Gasteiger partial charge in [0.2, 0.25) is 11.7 Å². The summed E-state index contributed by atoms with van der Waals surface area (Å²) in [7, 11) is 0. The van der Waals surface area contributed by atoms with Gasteiger partial charge in [-0.2, -0.15) is 23.6 Å². The van der Waals surface area contributed by atoms with E-state index in [2.05, 4.69) is 20.9 Å². The largest absolute Gasteiger partial charge is 0.612 e. The summed E-state index contributed by atoms with van der Waals surface area (Å²) in [6.07, 6.45) is -1.34. The van der Waals surface area contributed by atoms with Gasteiger partial charge in [-0.3, -0.25) is 10.5 Å². The van der Waals surface area contributed by atoms with E-state index in [1.807, 2.05) is 31.2 Å². The molecule has 2 aliphatic rings. The third-order valence-corrected chi connectivity index (χ3v) is 6.87. The Balaban J connectivity index is 1.42. The van der Waals surface area contributed by atoms with Crippen molar-refractivity contribution in [1.29, 1.82) is 0 Å². The van der Waals surface area contributed by atoms with Gasteiger partial charge in [0.15, 0.2) is 5.66 Å². The summed E-state index contributed by atoms with van der Waals surface area (Å²) < 4.78 is 58.1. The van der Waals surface area contributed by atoms with Crippen LogP contribution < -0.4 is 15.9 Å². The molecule has 0 bridgehead atoms. The molecule has 0 radical (unpaired) electrons. The lowest BCUT2D eigenvalue weighted by Crippen LogP contribution is -3.21. The number of alkyl halides is 3. The number of hydrogen-bond donors (Lipinski definition) is 3. The van der Waals surface area contributed by atoms with Crippen LogP contribution in [0.25, 0.3) is 22.5 Å². The molecule has 2 atom stereocenters. The Hall–Kier alpha value is -2.86. The summed E-state index contributed by atoms with van der Waals surface area (Å²) in [4.78, 5) is 4.21. The Kier molecular flexibility index (Phi) is 6.36. The number of rotatable bonds is 7. The molecule has 3 aromatic rings. The molecule has 3 N–H and O–H groups in total. The van der Waals surface area contributed by atoms with E-state index in [0.717, 1.165) is 35.1 Å². The van der Waals surface area contributed by atoms with Crippen molar-refractivity contribution in [3.63, 3.8) is 0 Å². The summed E-state index contributed by atoms with van der Waals surface area (Å²) in [5, 5.41) is 18.8. The monoisotopic (exact) mass is 505 g/mol. The summed E-state index contributed by atoms with van der Waals surface area (Å²) in [6.45, 7) is 2.25. The van der Waals surface area contributed by atoms with Crippen LogP contribution in [0.15, 0.2) is 34.9 Å². The van der Waals surface area contributed by atoms with Crippen molar-refractivity contribution in [2.24, 2.45) is 0 Å². The molecule has 1 fully saturated rings. The lowest BCUT2D eigenvalue weighted by Gasteiger charge is -2.37. The van der Waals surface area contributed by atoms with Crippen LogP contribution in [0.4, 0.5) is 17.6 Å². The number of hydrogen-bond acceptors (Lipinski definition) is 6. The first-order valence-electron chi connectivity index (χ1n) is 11.9. The molecular formula is C25H27F4N5O2. The van der Waals surface area contributed by atoms with E-state index in [0.29, 0.717) is 30.7 Å². The van der Waals surface area contributed by atoms with Crippen LogP contribution in [0.1, 0.15) is 54.3 Å². The Labute approximate surface area is 205 Å². The van der Waals surface area contributed by atoms with Crippen molar-refractivity contribution in [3.8, 4) is 22.5 Å². The zero-order chi connectivity index (χ0) is 25.7. The van der Waals surface area contributed by atoms with Crippen LogP contribution in [0.2, 0.25) is 0 Å². The third kappa shape index (κ3) is 5.01. The minimum absolute atomic E-state index is 0.170. The van der Waals surface area contributed by atoms with Crippen molar-refractivity contribution in [2.45, 2.75) is 63.8 Å². The highest BCUT2D eigenvalue weighted by Gasteiger charge is 2.52. The number of fused-ring (bicyclic) bond motifs is 1. The van der Waals surface area contributed by atoms with Gasteiger partial charge in [0.1, 0.15) is 5.82 Å². The molecule has 1 heterocycles. The summed E-state index contributed by atoms with van der Waals surface area (Å²) in [5.41, 5.74) is 6.17. The second-order valence-electron chi connectivity index (χ2n) is 9.69. The number of aryl methyl sites for hydroxylation is 3. The molecular weight excluding hydrogens is 478 g/mol. The molecule has 11 heteroatoms. The fourth-order valence-corrected chi connectivity index (χ4v) is 4.90. The summed E-state index contributed by atoms with van der Waals surface area (Å²) in [6, 6.07) is 8.75. The third-order valence-electron chi connectivity index (χ3n) is 6.87. The Morgan fingerprint density at radius 2 is 1.97 bits per heavy atom. The number of hydroxylamine groups is 1. The maximum atomic E-state index is 15.0. The van der Waals surface area contributed by atoms with E-state index in [1.54, 1.807) is 6.92 Å². The second-order valence-corrected chi connectivity index (χ2v) is 9.69. The predicted molar refractivity (Wildman–Crippen MR) is 124 cm³/mol. The summed E-state index contributed by atoms with van der Waals surface area (Å²) in [5.74, 6) is 0.0526.